The molecule has 1 aromatic heterocycles. The Bertz CT molecular complexity index is 1200. The standard InChI is InChI=1S/C30H37N3O4/c1-2-3-5-8-22-9-11-23(12-10-22)27-20-33(32-31-27)19-24(34)21-36-25-13-14-26-28(35)18-30(37-29(26)17-25)15-6-4-7-16-30/h9-14,17,20,24,34H,2-8,15-16,18-19,21H2,1H3. The van der Waals surface area contributed by atoms with Crippen molar-refractivity contribution in [1.29, 1.82) is 0 Å². The molecule has 2 aliphatic rings. The first-order valence-corrected chi connectivity index (χ1v) is 13.7. The van der Waals surface area contributed by atoms with Crippen LogP contribution >= 0.6 is 0 Å². The van der Waals surface area contributed by atoms with Crippen molar-refractivity contribution < 1.29 is 19.4 Å². The average molecular weight is 504 g/mol. The molecule has 1 fully saturated rings. The van der Waals surface area contributed by atoms with Crippen LogP contribution in [0.4, 0.5) is 0 Å². The van der Waals surface area contributed by atoms with E-state index in [-0.39, 0.29) is 24.5 Å². The van der Waals surface area contributed by atoms with Gasteiger partial charge in [-0.05, 0) is 56.2 Å². The average Bonchev–Trinajstić information content (AvgIpc) is 3.36. The Morgan fingerprint density at radius 1 is 1.11 bits per heavy atom. The van der Waals surface area contributed by atoms with Crippen LogP contribution in [0, 0.1) is 0 Å². The van der Waals surface area contributed by atoms with Gasteiger partial charge in [-0.25, -0.2) is 4.68 Å². The first-order chi connectivity index (χ1) is 18.0. The number of Topliss-reactive ketones (excluding diaryl/α,β-unsaturated/α-hetero) is 1. The summed E-state index contributed by atoms with van der Waals surface area (Å²) in [6.45, 7) is 2.58. The maximum atomic E-state index is 12.7. The molecule has 1 aliphatic carbocycles. The molecule has 1 N–H and O–H groups in total. The van der Waals surface area contributed by atoms with Gasteiger partial charge in [-0.15, -0.1) is 5.10 Å². The highest BCUT2D eigenvalue weighted by Crippen LogP contribution is 2.42. The minimum absolute atomic E-state index is 0.0968. The smallest absolute Gasteiger partial charge is 0.170 e. The van der Waals surface area contributed by atoms with E-state index in [1.807, 2.05) is 6.20 Å². The van der Waals surface area contributed by atoms with Gasteiger partial charge in [-0.2, -0.15) is 0 Å². The van der Waals surface area contributed by atoms with E-state index in [1.165, 1.54) is 31.2 Å². The molecule has 7 nitrogen and oxygen atoms in total. The third kappa shape index (κ3) is 6.21. The van der Waals surface area contributed by atoms with Crippen molar-refractivity contribution in [3.8, 4) is 22.8 Å². The summed E-state index contributed by atoms with van der Waals surface area (Å²) < 4.78 is 13.9. The Morgan fingerprint density at radius 2 is 1.92 bits per heavy atom. The number of carbonyl (C=O) groups is 1. The van der Waals surface area contributed by atoms with Gasteiger partial charge in [0.25, 0.3) is 0 Å². The molecule has 3 aromatic rings. The number of fused-ring (bicyclic) bond motifs is 1. The van der Waals surface area contributed by atoms with E-state index < -0.39 is 6.10 Å². The van der Waals surface area contributed by atoms with E-state index in [0.717, 1.165) is 43.4 Å². The third-order valence-corrected chi connectivity index (χ3v) is 7.53. The lowest BCUT2D eigenvalue weighted by Crippen LogP contribution is -2.43. The van der Waals surface area contributed by atoms with Crippen molar-refractivity contribution in [2.75, 3.05) is 6.61 Å². The number of rotatable bonds is 10. The van der Waals surface area contributed by atoms with Crippen LogP contribution in [0.15, 0.2) is 48.7 Å². The number of unbranched alkanes of at least 4 members (excludes halogenated alkanes) is 2. The summed E-state index contributed by atoms with van der Waals surface area (Å²) in [7, 11) is 0. The number of hydrogen-bond donors (Lipinski definition) is 1. The van der Waals surface area contributed by atoms with Crippen LogP contribution in [-0.2, 0) is 13.0 Å². The Kier molecular flexibility index (Phi) is 7.89. The highest BCUT2D eigenvalue weighted by Gasteiger charge is 2.41. The van der Waals surface area contributed by atoms with E-state index in [9.17, 15) is 9.90 Å². The molecule has 1 unspecified atom stereocenters. The molecule has 1 atom stereocenters. The van der Waals surface area contributed by atoms with Crippen molar-refractivity contribution in [1.82, 2.24) is 15.0 Å². The minimum atomic E-state index is -0.765. The van der Waals surface area contributed by atoms with Crippen molar-refractivity contribution in [3.05, 3.63) is 59.8 Å². The quantitative estimate of drug-likeness (QED) is 0.353. The summed E-state index contributed by atoms with van der Waals surface area (Å²) in [6.07, 6.45) is 11.6. The fourth-order valence-corrected chi connectivity index (χ4v) is 5.44. The topological polar surface area (TPSA) is 86.5 Å². The molecule has 1 saturated carbocycles. The minimum Gasteiger partial charge on any atom is -0.491 e. The van der Waals surface area contributed by atoms with Gasteiger partial charge >= 0.3 is 0 Å². The second-order valence-corrected chi connectivity index (χ2v) is 10.5. The largest absolute Gasteiger partial charge is 0.491 e. The van der Waals surface area contributed by atoms with Crippen LogP contribution in [0.1, 0.15) is 80.6 Å². The molecule has 5 rings (SSSR count). The number of hydrogen-bond acceptors (Lipinski definition) is 6. The maximum absolute atomic E-state index is 12.7. The molecule has 7 heteroatoms. The van der Waals surface area contributed by atoms with Crippen molar-refractivity contribution in [3.63, 3.8) is 0 Å². The lowest BCUT2D eigenvalue weighted by atomic mass is 9.78. The zero-order chi connectivity index (χ0) is 25.7. The molecule has 2 heterocycles. The van der Waals surface area contributed by atoms with Gasteiger partial charge in [-0.3, -0.25) is 4.79 Å². The van der Waals surface area contributed by atoms with Gasteiger partial charge in [0.05, 0.1) is 24.7 Å². The fraction of sp³-hybridized carbons (Fsp3) is 0.500. The number of carbonyl (C=O) groups excluding carboxylic acids is 1. The molecule has 196 valence electrons. The zero-order valence-corrected chi connectivity index (χ0v) is 21.7. The number of ketones is 1. The number of aryl methyl sites for hydroxylation is 1. The van der Waals surface area contributed by atoms with Crippen LogP contribution in [-0.4, -0.2) is 44.2 Å². The number of aliphatic hydroxyl groups excluding tert-OH is 1. The van der Waals surface area contributed by atoms with Crippen LogP contribution in [0.2, 0.25) is 0 Å². The molecule has 1 spiro atoms. The first-order valence-electron chi connectivity index (χ1n) is 13.7. The SMILES string of the molecule is CCCCCc1ccc(-c2cn(CC(O)COc3ccc4c(c3)OC3(CCCCC3)CC4=O)nn2)cc1. The lowest BCUT2D eigenvalue weighted by molar-refractivity contribution is 0.0132. The molecule has 37 heavy (non-hydrogen) atoms. The van der Waals surface area contributed by atoms with Gasteiger partial charge in [0.1, 0.15) is 35.5 Å². The predicted octanol–water partition coefficient (Wildman–Crippen LogP) is 5.79. The Hall–Kier alpha value is -3.19. The Labute approximate surface area is 218 Å². The van der Waals surface area contributed by atoms with Gasteiger partial charge in [0, 0.05) is 11.6 Å². The lowest BCUT2D eigenvalue weighted by Gasteiger charge is -2.40. The second kappa shape index (κ2) is 11.5. The highest BCUT2D eigenvalue weighted by atomic mass is 16.5. The molecule has 0 amide bonds. The van der Waals surface area contributed by atoms with Crippen molar-refractivity contribution in [2.45, 2.75) is 89.4 Å². The molecular formula is C30H37N3O4. The Morgan fingerprint density at radius 3 is 2.70 bits per heavy atom. The summed E-state index contributed by atoms with van der Waals surface area (Å²) in [5, 5.41) is 19.0. The van der Waals surface area contributed by atoms with Gasteiger partial charge < -0.3 is 14.6 Å². The number of benzene rings is 2. The molecule has 1 aliphatic heterocycles. The Balaban J connectivity index is 1.15. The van der Waals surface area contributed by atoms with Crippen LogP contribution in [0.3, 0.4) is 0 Å². The summed E-state index contributed by atoms with van der Waals surface area (Å²) in [5.41, 5.74) is 3.38. The molecule has 2 aromatic carbocycles. The number of ether oxygens (including phenoxy) is 2. The van der Waals surface area contributed by atoms with E-state index in [0.29, 0.717) is 23.5 Å². The van der Waals surface area contributed by atoms with Crippen LogP contribution in [0.25, 0.3) is 11.3 Å². The molecule has 0 saturated heterocycles. The maximum Gasteiger partial charge on any atom is 0.170 e. The number of aliphatic hydroxyl groups is 1. The number of nitrogens with zero attached hydrogens (tertiary/aromatic N) is 3. The van der Waals surface area contributed by atoms with Crippen LogP contribution < -0.4 is 9.47 Å². The summed E-state index contributed by atoms with van der Waals surface area (Å²) in [6, 6.07) is 13.8. The normalized spacial score (nSPS) is 17.3. The predicted molar refractivity (Wildman–Crippen MR) is 142 cm³/mol. The van der Waals surface area contributed by atoms with E-state index in [2.05, 4.69) is 41.5 Å². The van der Waals surface area contributed by atoms with E-state index in [1.54, 1.807) is 22.9 Å². The highest BCUT2D eigenvalue weighted by molar-refractivity contribution is 6.00. The van der Waals surface area contributed by atoms with Gasteiger partial charge in [0.15, 0.2) is 5.78 Å². The molecule has 0 bridgehead atoms. The zero-order valence-electron chi connectivity index (χ0n) is 21.7. The number of aromatic nitrogens is 3. The van der Waals surface area contributed by atoms with E-state index >= 15 is 0 Å². The fourth-order valence-electron chi connectivity index (χ4n) is 5.44. The van der Waals surface area contributed by atoms with E-state index in [4.69, 9.17) is 9.47 Å². The summed E-state index contributed by atoms with van der Waals surface area (Å²) in [5.74, 6) is 1.32. The van der Waals surface area contributed by atoms with Crippen molar-refractivity contribution >= 4 is 5.78 Å². The third-order valence-electron chi connectivity index (χ3n) is 7.53. The summed E-state index contributed by atoms with van der Waals surface area (Å²) in [4.78, 5) is 12.7. The van der Waals surface area contributed by atoms with Gasteiger partial charge in [-0.1, -0.05) is 55.7 Å². The second-order valence-electron chi connectivity index (χ2n) is 10.5. The molecule has 0 radical (unpaired) electrons. The van der Waals surface area contributed by atoms with Crippen molar-refractivity contribution in [2.24, 2.45) is 0 Å². The van der Waals surface area contributed by atoms with Crippen LogP contribution in [0.5, 0.6) is 11.5 Å². The van der Waals surface area contributed by atoms with Gasteiger partial charge in [0.2, 0.25) is 0 Å². The summed E-state index contributed by atoms with van der Waals surface area (Å²) >= 11 is 0. The first kappa shape index (κ1) is 25.5. The monoisotopic (exact) mass is 503 g/mol. The molecular weight excluding hydrogens is 466 g/mol.